The summed E-state index contributed by atoms with van der Waals surface area (Å²) in [5, 5.41) is 0.153. The molecule has 0 unspecified atom stereocenters. The number of hydrogen-bond acceptors (Lipinski definition) is 5. The van der Waals surface area contributed by atoms with Crippen LogP contribution < -0.4 is 10.6 Å². The highest BCUT2D eigenvalue weighted by Gasteiger charge is 2.34. The molecule has 2 heterocycles. The Balaban J connectivity index is 2.37. The number of hydrogen-bond donors (Lipinski definition) is 1. The Labute approximate surface area is 93.7 Å². The summed E-state index contributed by atoms with van der Waals surface area (Å²) in [6.07, 6.45) is 2.26. The molecule has 0 bridgehead atoms. The average molecular weight is 228 g/mol. The molecule has 5 nitrogen and oxygen atoms in total. The van der Waals surface area contributed by atoms with Gasteiger partial charge in [0.25, 0.3) is 0 Å². The van der Waals surface area contributed by atoms with E-state index >= 15 is 0 Å². The molecule has 0 radical (unpaired) electrons. The molecule has 0 amide bonds. The number of rotatable bonds is 1. The third kappa shape index (κ3) is 1.97. The number of nitrogens with zero attached hydrogens (tertiary/aromatic N) is 4. The van der Waals surface area contributed by atoms with Gasteiger partial charge in [0.1, 0.15) is 0 Å². The lowest BCUT2D eigenvalue weighted by atomic mass is 10.0. The van der Waals surface area contributed by atoms with Gasteiger partial charge in [-0.15, -0.1) is 0 Å². The van der Waals surface area contributed by atoms with Gasteiger partial charge in [0, 0.05) is 12.1 Å². The molecule has 1 saturated heterocycles. The molecular formula is C9H14ClN5. The van der Waals surface area contributed by atoms with Gasteiger partial charge in [-0.05, 0) is 38.3 Å². The van der Waals surface area contributed by atoms with Crippen LogP contribution in [0.15, 0.2) is 0 Å². The van der Waals surface area contributed by atoms with E-state index in [1.54, 1.807) is 0 Å². The molecule has 0 aliphatic carbocycles. The van der Waals surface area contributed by atoms with Crippen LogP contribution in [0.5, 0.6) is 0 Å². The number of halogens is 1. The molecule has 1 fully saturated rings. The van der Waals surface area contributed by atoms with E-state index in [1.165, 1.54) is 0 Å². The Morgan fingerprint density at radius 2 is 2.07 bits per heavy atom. The Bertz CT molecular complexity index is 359. The van der Waals surface area contributed by atoms with Gasteiger partial charge in [0.15, 0.2) is 0 Å². The Morgan fingerprint density at radius 3 is 2.60 bits per heavy atom. The van der Waals surface area contributed by atoms with Crippen LogP contribution in [0.1, 0.15) is 26.7 Å². The van der Waals surface area contributed by atoms with Crippen LogP contribution in [0.4, 0.5) is 11.9 Å². The average Bonchev–Trinajstić information content (AvgIpc) is 2.43. The predicted octanol–water partition coefficient (Wildman–Crippen LogP) is 1.49. The zero-order chi connectivity index (χ0) is 11.1. The van der Waals surface area contributed by atoms with Gasteiger partial charge in [-0.1, -0.05) is 0 Å². The van der Waals surface area contributed by atoms with E-state index in [-0.39, 0.29) is 16.8 Å². The topological polar surface area (TPSA) is 67.9 Å². The molecule has 0 atom stereocenters. The lowest BCUT2D eigenvalue weighted by Crippen LogP contribution is -2.39. The first-order valence-electron chi connectivity index (χ1n) is 4.94. The van der Waals surface area contributed by atoms with Crippen LogP contribution in [0.25, 0.3) is 0 Å². The van der Waals surface area contributed by atoms with Crippen LogP contribution in [0.3, 0.4) is 0 Å². The summed E-state index contributed by atoms with van der Waals surface area (Å²) in [5.74, 6) is 0.753. The van der Waals surface area contributed by atoms with Crippen molar-refractivity contribution in [2.45, 2.75) is 32.2 Å². The fraction of sp³-hybridized carbons (Fsp3) is 0.667. The predicted molar refractivity (Wildman–Crippen MR) is 59.9 cm³/mol. The maximum absolute atomic E-state index is 5.75. The van der Waals surface area contributed by atoms with E-state index in [0.717, 1.165) is 19.4 Å². The molecule has 0 aromatic carbocycles. The molecule has 1 aliphatic heterocycles. The molecule has 1 aliphatic rings. The normalized spacial score (nSPS) is 19.5. The van der Waals surface area contributed by atoms with E-state index in [1.807, 2.05) is 0 Å². The zero-order valence-corrected chi connectivity index (χ0v) is 9.62. The molecule has 0 spiro atoms. The molecule has 82 valence electrons. The van der Waals surface area contributed by atoms with Crippen molar-refractivity contribution >= 4 is 23.5 Å². The Morgan fingerprint density at radius 1 is 1.33 bits per heavy atom. The summed E-state index contributed by atoms with van der Waals surface area (Å²) in [4.78, 5) is 14.1. The van der Waals surface area contributed by atoms with Crippen molar-refractivity contribution < 1.29 is 0 Å². The molecule has 6 heteroatoms. The van der Waals surface area contributed by atoms with E-state index < -0.39 is 0 Å². The second kappa shape index (κ2) is 3.48. The number of aromatic nitrogens is 3. The maximum atomic E-state index is 5.75. The smallest absolute Gasteiger partial charge is 0.231 e. The second-order valence-electron chi connectivity index (χ2n) is 4.33. The van der Waals surface area contributed by atoms with E-state index in [0.29, 0.717) is 5.95 Å². The molecule has 0 saturated carbocycles. The van der Waals surface area contributed by atoms with Crippen LogP contribution in [-0.2, 0) is 0 Å². The van der Waals surface area contributed by atoms with Gasteiger partial charge in [-0.2, -0.15) is 15.0 Å². The van der Waals surface area contributed by atoms with Crippen LogP contribution in [0.2, 0.25) is 5.28 Å². The summed E-state index contributed by atoms with van der Waals surface area (Å²) < 4.78 is 0. The molecule has 2 rings (SSSR count). The number of nitrogens with two attached hydrogens (primary N) is 1. The number of anilines is 2. The van der Waals surface area contributed by atoms with Crippen molar-refractivity contribution in [2.24, 2.45) is 0 Å². The lowest BCUT2D eigenvalue weighted by molar-refractivity contribution is 0.510. The van der Waals surface area contributed by atoms with Crippen molar-refractivity contribution in [1.29, 1.82) is 0 Å². The first kappa shape index (κ1) is 10.4. The highest BCUT2D eigenvalue weighted by molar-refractivity contribution is 6.28. The quantitative estimate of drug-likeness (QED) is 0.787. The number of nitrogen functional groups attached to an aromatic ring is 1. The fourth-order valence-corrected chi connectivity index (χ4v) is 2.12. The van der Waals surface area contributed by atoms with Crippen LogP contribution in [0, 0.1) is 0 Å². The minimum Gasteiger partial charge on any atom is -0.368 e. The van der Waals surface area contributed by atoms with Gasteiger partial charge < -0.3 is 10.6 Å². The minimum absolute atomic E-state index is 0.0666. The van der Waals surface area contributed by atoms with Gasteiger partial charge in [0.2, 0.25) is 17.2 Å². The molecule has 15 heavy (non-hydrogen) atoms. The largest absolute Gasteiger partial charge is 0.368 e. The molecule has 1 aromatic rings. The molecule has 2 N–H and O–H groups in total. The summed E-state index contributed by atoms with van der Waals surface area (Å²) in [6, 6.07) is 0. The highest BCUT2D eigenvalue weighted by Crippen LogP contribution is 2.31. The van der Waals surface area contributed by atoms with E-state index in [9.17, 15) is 0 Å². The minimum atomic E-state index is 0.0666. The first-order chi connectivity index (χ1) is 6.99. The molecule has 1 aromatic heterocycles. The third-order valence-corrected chi connectivity index (χ3v) is 2.93. The SMILES string of the molecule is CC1(C)CCCN1c1nc(N)nc(Cl)n1. The van der Waals surface area contributed by atoms with Crippen molar-refractivity contribution in [3.05, 3.63) is 5.28 Å². The third-order valence-electron chi connectivity index (χ3n) is 2.76. The summed E-state index contributed by atoms with van der Waals surface area (Å²) in [7, 11) is 0. The van der Waals surface area contributed by atoms with E-state index in [4.69, 9.17) is 17.3 Å². The van der Waals surface area contributed by atoms with Gasteiger partial charge in [0.05, 0.1) is 0 Å². The van der Waals surface area contributed by atoms with Crippen molar-refractivity contribution in [2.75, 3.05) is 17.2 Å². The van der Waals surface area contributed by atoms with Crippen molar-refractivity contribution in [3.63, 3.8) is 0 Å². The standard InChI is InChI=1S/C9H14ClN5/c1-9(2)4-3-5-15(9)8-13-6(10)12-7(11)14-8/h3-5H2,1-2H3,(H2,11,12,13,14). The summed E-state index contributed by atoms with van der Waals surface area (Å²) in [6.45, 7) is 5.26. The van der Waals surface area contributed by atoms with Crippen LogP contribution >= 0.6 is 11.6 Å². The Hall–Kier alpha value is -1.10. The lowest BCUT2D eigenvalue weighted by Gasteiger charge is -2.31. The zero-order valence-electron chi connectivity index (χ0n) is 8.87. The van der Waals surface area contributed by atoms with E-state index in [2.05, 4.69) is 33.7 Å². The van der Waals surface area contributed by atoms with Crippen LogP contribution in [-0.4, -0.2) is 27.0 Å². The molecular weight excluding hydrogens is 214 g/mol. The highest BCUT2D eigenvalue weighted by atomic mass is 35.5. The maximum Gasteiger partial charge on any atom is 0.231 e. The van der Waals surface area contributed by atoms with Gasteiger partial charge in [-0.25, -0.2) is 0 Å². The second-order valence-corrected chi connectivity index (χ2v) is 4.67. The fourth-order valence-electron chi connectivity index (χ4n) is 1.95. The van der Waals surface area contributed by atoms with Gasteiger partial charge >= 0.3 is 0 Å². The summed E-state index contributed by atoms with van der Waals surface area (Å²) in [5.41, 5.74) is 5.61. The van der Waals surface area contributed by atoms with Crippen molar-refractivity contribution in [3.8, 4) is 0 Å². The first-order valence-corrected chi connectivity index (χ1v) is 5.31. The van der Waals surface area contributed by atoms with Gasteiger partial charge in [-0.3, -0.25) is 0 Å². The Kier molecular flexibility index (Phi) is 2.42. The monoisotopic (exact) mass is 227 g/mol. The summed E-state index contributed by atoms with van der Waals surface area (Å²) >= 11 is 5.75. The van der Waals surface area contributed by atoms with Crippen molar-refractivity contribution in [1.82, 2.24) is 15.0 Å².